The molecule has 0 fully saturated rings. The zero-order valence-corrected chi connectivity index (χ0v) is 10.9. The fourth-order valence-electron chi connectivity index (χ4n) is 1.53. The third-order valence-corrected chi connectivity index (χ3v) is 2.81. The van der Waals surface area contributed by atoms with E-state index < -0.39 is 23.5 Å². The first-order chi connectivity index (χ1) is 8.47. The molecular weight excluding hydrogens is 311 g/mol. The minimum atomic E-state index is -1.23. The lowest BCUT2D eigenvalue weighted by molar-refractivity contribution is 0.466. The van der Waals surface area contributed by atoms with E-state index in [2.05, 4.69) is 21.2 Å². The van der Waals surface area contributed by atoms with Crippen LogP contribution in [-0.4, -0.2) is 0 Å². The quantitative estimate of drug-likeness (QED) is 0.834. The number of hydrogen-bond donors (Lipinski definition) is 1. The van der Waals surface area contributed by atoms with E-state index in [1.807, 2.05) is 0 Å². The highest BCUT2D eigenvalue weighted by molar-refractivity contribution is 9.10. The standard InChI is InChI=1S/C12H9BrF3NO/c1-6(10-2-3-11(13)18-10)17-9-5-7(14)4-8(15)12(9)16/h2-6,17H,1H3. The summed E-state index contributed by atoms with van der Waals surface area (Å²) in [6.07, 6.45) is 0. The van der Waals surface area contributed by atoms with Crippen molar-refractivity contribution in [3.8, 4) is 0 Å². The van der Waals surface area contributed by atoms with Crippen molar-refractivity contribution in [1.29, 1.82) is 0 Å². The number of rotatable bonds is 3. The van der Waals surface area contributed by atoms with Gasteiger partial charge in [0.1, 0.15) is 11.6 Å². The zero-order chi connectivity index (χ0) is 13.3. The molecule has 96 valence electrons. The summed E-state index contributed by atoms with van der Waals surface area (Å²) in [5.74, 6) is -2.67. The summed E-state index contributed by atoms with van der Waals surface area (Å²) in [4.78, 5) is 0. The summed E-state index contributed by atoms with van der Waals surface area (Å²) in [7, 11) is 0. The lowest BCUT2D eigenvalue weighted by Gasteiger charge is -2.13. The van der Waals surface area contributed by atoms with Gasteiger partial charge in [0, 0.05) is 12.1 Å². The largest absolute Gasteiger partial charge is 0.452 e. The van der Waals surface area contributed by atoms with E-state index in [-0.39, 0.29) is 5.69 Å². The molecule has 6 heteroatoms. The Morgan fingerprint density at radius 3 is 2.56 bits per heavy atom. The topological polar surface area (TPSA) is 25.2 Å². The van der Waals surface area contributed by atoms with Gasteiger partial charge in [0.15, 0.2) is 16.3 Å². The zero-order valence-electron chi connectivity index (χ0n) is 9.31. The number of nitrogens with one attached hydrogen (secondary N) is 1. The molecule has 0 aliphatic carbocycles. The molecule has 18 heavy (non-hydrogen) atoms. The summed E-state index contributed by atoms with van der Waals surface area (Å²) in [5, 5.41) is 2.65. The van der Waals surface area contributed by atoms with Crippen molar-refractivity contribution in [2.24, 2.45) is 0 Å². The van der Waals surface area contributed by atoms with Crippen LogP contribution in [0, 0.1) is 17.5 Å². The second-order valence-electron chi connectivity index (χ2n) is 3.76. The fraction of sp³-hybridized carbons (Fsp3) is 0.167. The van der Waals surface area contributed by atoms with Gasteiger partial charge in [0.25, 0.3) is 0 Å². The molecule has 2 aromatic rings. The van der Waals surface area contributed by atoms with Crippen molar-refractivity contribution >= 4 is 21.6 Å². The third-order valence-electron chi connectivity index (χ3n) is 2.39. The monoisotopic (exact) mass is 319 g/mol. The Labute approximate surface area is 110 Å². The van der Waals surface area contributed by atoms with Crippen molar-refractivity contribution in [2.75, 3.05) is 5.32 Å². The highest BCUT2D eigenvalue weighted by Gasteiger charge is 2.15. The Kier molecular flexibility index (Phi) is 3.65. The Hall–Kier alpha value is -1.43. The van der Waals surface area contributed by atoms with E-state index >= 15 is 0 Å². The molecular formula is C12H9BrF3NO. The molecule has 2 nitrogen and oxygen atoms in total. The van der Waals surface area contributed by atoms with Gasteiger partial charge in [-0.1, -0.05) is 0 Å². The maximum Gasteiger partial charge on any atom is 0.182 e. The minimum Gasteiger partial charge on any atom is -0.452 e. The molecule has 0 radical (unpaired) electrons. The van der Waals surface area contributed by atoms with Crippen molar-refractivity contribution < 1.29 is 17.6 Å². The Morgan fingerprint density at radius 1 is 1.22 bits per heavy atom. The smallest absolute Gasteiger partial charge is 0.182 e. The average Bonchev–Trinajstić information content (AvgIpc) is 2.72. The number of hydrogen-bond acceptors (Lipinski definition) is 2. The van der Waals surface area contributed by atoms with Crippen LogP contribution in [-0.2, 0) is 0 Å². The summed E-state index contributed by atoms with van der Waals surface area (Å²) < 4.78 is 45.2. The molecule has 1 N–H and O–H groups in total. The molecule has 1 heterocycles. The van der Waals surface area contributed by atoms with E-state index in [1.54, 1.807) is 19.1 Å². The van der Waals surface area contributed by atoms with Crippen LogP contribution in [0.4, 0.5) is 18.9 Å². The van der Waals surface area contributed by atoms with Gasteiger partial charge in [0.2, 0.25) is 0 Å². The Morgan fingerprint density at radius 2 is 1.94 bits per heavy atom. The molecule has 0 saturated carbocycles. The summed E-state index contributed by atoms with van der Waals surface area (Å²) in [5.41, 5.74) is -0.243. The van der Waals surface area contributed by atoms with Crippen molar-refractivity contribution in [3.63, 3.8) is 0 Å². The molecule has 0 aliphatic rings. The van der Waals surface area contributed by atoms with Crippen LogP contribution in [0.15, 0.2) is 33.4 Å². The summed E-state index contributed by atoms with van der Waals surface area (Å²) >= 11 is 3.14. The molecule has 1 unspecified atom stereocenters. The van der Waals surface area contributed by atoms with Crippen LogP contribution < -0.4 is 5.32 Å². The molecule has 0 saturated heterocycles. The molecule has 1 atom stereocenters. The van der Waals surface area contributed by atoms with E-state index in [9.17, 15) is 13.2 Å². The summed E-state index contributed by atoms with van der Waals surface area (Å²) in [6.45, 7) is 1.69. The Bertz CT molecular complexity index is 570. The van der Waals surface area contributed by atoms with E-state index in [0.717, 1.165) is 6.07 Å². The number of halogens is 4. The van der Waals surface area contributed by atoms with Crippen molar-refractivity contribution in [2.45, 2.75) is 13.0 Å². The van der Waals surface area contributed by atoms with Gasteiger partial charge < -0.3 is 9.73 Å². The van der Waals surface area contributed by atoms with Crippen LogP contribution in [0.1, 0.15) is 18.7 Å². The molecule has 1 aromatic heterocycles. The first-order valence-electron chi connectivity index (χ1n) is 5.13. The highest BCUT2D eigenvalue weighted by Crippen LogP contribution is 2.26. The van der Waals surface area contributed by atoms with E-state index in [0.29, 0.717) is 16.5 Å². The van der Waals surface area contributed by atoms with Crippen LogP contribution in [0.2, 0.25) is 0 Å². The minimum absolute atomic E-state index is 0.243. The van der Waals surface area contributed by atoms with E-state index in [1.165, 1.54) is 0 Å². The second-order valence-corrected chi connectivity index (χ2v) is 4.54. The fourth-order valence-corrected chi connectivity index (χ4v) is 1.85. The predicted molar refractivity (Wildman–Crippen MR) is 64.8 cm³/mol. The SMILES string of the molecule is CC(Nc1cc(F)cc(F)c1F)c1ccc(Br)o1. The third kappa shape index (κ3) is 2.69. The predicted octanol–water partition coefficient (Wildman–Crippen LogP) is 4.63. The van der Waals surface area contributed by atoms with Gasteiger partial charge in [-0.25, -0.2) is 13.2 Å². The maximum absolute atomic E-state index is 13.4. The van der Waals surface area contributed by atoms with Gasteiger partial charge in [-0.3, -0.25) is 0 Å². The molecule has 0 amide bonds. The average molecular weight is 320 g/mol. The van der Waals surface area contributed by atoms with Gasteiger partial charge in [0.05, 0.1) is 11.7 Å². The van der Waals surface area contributed by atoms with Crippen molar-refractivity contribution in [1.82, 2.24) is 0 Å². The second kappa shape index (κ2) is 5.06. The lowest BCUT2D eigenvalue weighted by atomic mass is 10.2. The van der Waals surface area contributed by atoms with Gasteiger partial charge in [-0.05, 0) is 35.0 Å². The highest BCUT2D eigenvalue weighted by atomic mass is 79.9. The summed E-state index contributed by atoms with van der Waals surface area (Å²) in [6, 6.07) is 4.32. The van der Waals surface area contributed by atoms with Gasteiger partial charge in [-0.2, -0.15) is 0 Å². The maximum atomic E-state index is 13.4. The molecule has 0 bridgehead atoms. The van der Waals surface area contributed by atoms with Crippen molar-refractivity contribution in [3.05, 3.63) is 52.1 Å². The number of anilines is 1. The first kappa shape index (κ1) is 13.0. The lowest BCUT2D eigenvalue weighted by Crippen LogP contribution is -2.08. The molecule has 0 spiro atoms. The first-order valence-corrected chi connectivity index (χ1v) is 5.93. The van der Waals surface area contributed by atoms with Gasteiger partial charge >= 0.3 is 0 Å². The molecule has 2 rings (SSSR count). The van der Waals surface area contributed by atoms with Crippen LogP contribution in [0.5, 0.6) is 0 Å². The number of furan rings is 1. The molecule has 0 aliphatic heterocycles. The van der Waals surface area contributed by atoms with Gasteiger partial charge in [-0.15, -0.1) is 0 Å². The van der Waals surface area contributed by atoms with Crippen LogP contribution >= 0.6 is 15.9 Å². The molecule has 1 aromatic carbocycles. The van der Waals surface area contributed by atoms with Crippen LogP contribution in [0.3, 0.4) is 0 Å². The normalized spacial score (nSPS) is 12.5. The Balaban J connectivity index is 2.24. The van der Waals surface area contributed by atoms with Crippen LogP contribution in [0.25, 0.3) is 0 Å². The van der Waals surface area contributed by atoms with E-state index in [4.69, 9.17) is 4.42 Å². The number of benzene rings is 1.